The zero-order valence-corrected chi connectivity index (χ0v) is 74.7. The maximum absolute atomic E-state index is 6.24. The second kappa shape index (κ2) is 35.6. The monoisotopic (exact) mass is 1620 g/mol. The van der Waals surface area contributed by atoms with E-state index in [1.807, 2.05) is 24.3 Å². The van der Waals surface area contributed by atoms with Crippen LogP contribution in [-0.2, 0) is 32.3 Å². The normalized spacial score (nSPS) is 12.1. The molecule has 0 radical (unpaired) electrons. The van der Waals surface area contributed by atoms with Crippen LogP contribution in [0.5, 0.6) is 34.5 Å². The van der Waals surface area contributed by atoms with Gasteiger partial charge in [-0.05, 0) is 267 Å². The third kappa shape index (κ3) is 16.0. The molecule has 0 atom stereocenters. The number of nitrogens with zero attached hydrogens (tertiary/aromatic N) is 6. The molecule has 594 valence electrons. The van der Waals surface area contributed by atoms with E-state index in [0.29, 0.717) is 60.2 Å². The summed E-state index contributed by atoms with van der Waals surface area (Å²) in [7, 11) is 9.93. The molecule has 0 N–H and O–H groups in total. The maximum Gasteiger partial charge on any atom is 2.00 e. The van der Waals surface area contributed by atoms with Gasteiger partial charge in [0.15, 0.2) is 23.0 Å². The van der Waals surface area contributed by atoms with Crippen LogP contribution in [-0.4, -0.2) is 52.6 Å². The van der Waals surface area contributed by atoms with Crippen molar-refractivity contribution in [1.29, 1.82) is 0 Å². The van der Waals surface area contributed by atoms with Gasteiger partial charge < -0.3 is 48.2 Å². The van der Waals surface area contributed by atoms with Gasteiger partial charge in [0.25, 0.3) is 0 Å². The Balaban J connectivity index is 0.0000116. The molecule has 10 aromatic carbocycles. The first-order chi connectivity index (χ1) is 57.3. The molecular formula is C106H102N6O6Zn. The van der Waals surface area contributed by atoms with Gasteiger partial charge in [-0.25, -0.2) is 9.97 Å². The molecule has 0 fully saturated rings. The molecule has 13 heteroatoms. The number of methoxy groups -OCH3 is 6. The van der Waals surface area contributed by atoms with Gasteiger partial charge in [0.2, 0.25) is 11.5 Å². The molecule has 119 heavy (non-hydrogen) atoms. The van der Waals surface area contributed by atoms with Crippen LogP contribution >= 0.6 is 0 Å². The van der Waals surface area contributed by atoms with E-state index in [4.69, 9.17) is 48.4 Å². The molecule has 0 saturated carbocycles. The average molecular weight is 1620 g/mol. The Bertz CT molecular complexity index is 5750. The fourth-order valence-corrected chi connectivity index (χ4v) is 16.9. The van der Waals surface area contributed by atoms with Crippen molar-refractivity contribution in [3.05, 3.63) is 308 Å². The van der Waals surface area contributed by atoms with Gasteiger partial charge in [-0.15, -0.1) is 22.1 Å². The van der Waals surface area contributed by atoms with Crippen LogP contribution in [0.2, 0.25) is 0 Å². The summed E-state index contributed by atoms with van der Waals surface area (Å²) in [5, 5.41) is 0. The Morgan fingerprint density at radius 1 is 0.286 bits per heavy atom. The van der Waals surface area contributed by atoms with Crippen LogP contribution in [0.1, 0.15) is 144 Å². The first kappa shape index (κ1) is 82.8. The molecule has 0 saturated heterocycles. The van der Waals surface area contributed by atoms with Gasteiger partial charge in [0, 0.05) is 34.1 Å². The van der Waals surface area contributed by atoms with Crippen molar-refractivity contribution in [3.8, 4) is 79.0 Å². The zero-order valence-electron chi connectivity index (χ0n) is 71.8. The molecule has 2 aliphatic heterocycles. The van der Waals surface area contributed by atoms with E-state index < -0.39 is 0 Å². The Hall–Kier alpha value is -12.7. The molecule has 0 amide bonds. The number of rotatable bonds is 24. The van der Waals surface area contributed by atoms with E-state index in [2.05, 4.69) is 311 Å². The predicted octanol–water partition coefficient (Wildman–Crippen LogP) is 27.2. The minimum Gasteiger partial charge on any atom is -0.656 e. The SMILES string of the molecule is CCC1=C(C)c2nc1c(-c1ccc(/C=C/c3ccc(N(c4ccc(C)cc4)c4ccc(C)cc4)cc3)cc1)c1[n-]c(c(C)c1CC)c(-c1cc(OC)c(OC)c(OC)c1)c1nc(c(-c3ccc(/C=C/c4ccc(N(c5ccc(C)cc5)c5ccc(C)cc5)cc4)cc3)c3[n-]c(c(C)c3CC)c2-c2cc(OC)c(OC)c(OC)c2)C(CC)=C1C.[Zn+2]. The van der Waals surface area contributed by atoms with Crippen LogP contribution in [0.4, 0.5) is 34.1 Å². The van der Waals surface area contributed by atoms with Gasteiger partial charge in [0.1, 0.15) is 0 Å². The first-order valence-electron chi connectivity index (χ1n) is 40.7. The third-order valence-electron chi connectivity index (χ3n) is 23.3. The maximum atomic E-state index is 6.24. The smallest absolute Gasteiger partial charge is 0.656 e. The predicted molar refractivity (Wildman–Crippen MR) is 493 cm³/mol. The van der Waals surface area contributed by atoms with Crippen molar-refractivity contribution in [3.63, 3.8) is 0 Å². The zero-order chi connectivity index (χ0) is 82.7. The van der Waals surface area contributed by atoms with Gasteiger partial charge >= 0.3 is 19.5 Å². The van der Waals surface area contributed by atoms with Crippen LogP contribution < -0.4 is 48.2 Å². The number of anilines is 6. The minimum atomic E-state index is 0. The molecular weight excluding hydrogens is 1520 g/mol. The number of benzene rings is 10. The van der Waals surface area contributed by atoms with Gasteiger partial charge in [-0.1, -0.05) is 218 Å². The molecule has 15 rings (SSSR count). The molecule has 5 heterocycles. The quantitative estimate of drug-likeness (QED) is 0.0424. The number of fused-ring (bicyclic) bond motifs is 8. The van der Waals surface area contributed by atoms with Crippen LogP contribution in [0, 0.1) is 41.5 Å². The van der Waals surface area contributed by atoms with Crippen molar-refractivity contribution < 1.29 is 47.9 Å². The van der Waals surface area contributed by atoms with Crippen LogP contribution in [0.15, 0.2) is 218 Å². The average Bonchev–Trinajstić information content (AvgIpc) is 1.57. The third-order valence-corrected chi connectivity index (χ3v) is 23.3. The minimum absolute atomic E-state index is 0. The first-order valence-corrected chi connectivity index (χ1v) is 40.7. The summed E-state index contributed by atoms with van der Waals surface area (Å²) in [4.78, 5) is 29.0. The Kier molecular flexibility index (Phi) is 24.8. The van der Waals surface area contributed by atoms with E-state index in [-0.39, 0.29) is 19.5 Å². The summed E-state index contributed by atoms with van der Waals surface area (Å²) in [5.74, 6) is 2.98. The van der Waals surface area contributed by atoms with E-state index in [1.165, 1.54) is 22.3 Å². The Labute approximate surface area is 714 Å². The number of hydrogen-bond acceptors (Lipinski definition) is 10. The van der Waals surface area contributed by atoms with Gasteiger partial charge in [-0.3, -0.25) is 0 Å². The molecule has 0 aliphatic carbocycles. The number of ether oxygens (including phenoxy) is 6. The second-order valence-electron chi connectivity index (χ2n) is 30.5. The van der Waals surface area contributed by atoms with Crippen molar-refractivity contribution in [2.45, 2.75) is 109 Å². The summed E-state index contributed by atoms with van der Waals surface area (Å²) in [6, 6.07) is 78.3. The molecule has 0 spiro atoms. The number of aryl methyl sites for hydroxylation is 8. The fourth-order valence-electron chi connectivity index (χ4n) is 16.9. The van der Waals surface area contributed by atoms with Gasteiger partial charge in [0.05, 0.1) is 65.4 Å². The molecule has 8 bridgehead atoms. The second-order valence-corrected chi connectivity index (χ2v) is 30.5. The molecule has 2 aliphatic rings. The summed E-state index contributed by atoms with van der Waals surface area (Å²) in [6.45, 7) is 26.3. The van der Waals surface area contributed by atoms with Crippen LogP contribution in [0.25, 0.3) is 113 Å². The fraction of sp³-hybridized carbons (Fsp3) is 0.208. The number of allylic oxidation sites excluding steroid dienone is 4. The molecule has 3 aromatic heterocycles. The van der Waals surface area contributed by atoms with Crippen molar-refractivity contribution in [2.24, 2.45) is 0 Å². The van der Waals surface area contributed by atoms with E-state index in [9.17, 15) is 0 Å². The van der Waals surface area contributed by atoms with E-state index in [1.54, 1.807) is 42.7 Å². The van der Waals surface area contributed by atoms with E-state index in [0.717, 1.165) is 190 Å². The van der Waals surface area contributed by atoms with Crippen molar-refractivity contribution in [2.75, 3.05) is 52.5 Å². The Morgan fingerprint density at radius 3 is 0.765 bits per heavy atom. The number of hydrogen-bond donors (Lipinski definition) is 0. The summed E-state index contributed by atoms with van der Waals surface area (Å²) < 4.78 is 37.1. The summed E-state index contributed by atoms with van der Waals surface area (Å²) >= 11 is 0. The summed E-state index contributed by atoms with van der Waals surface area (Å²) in [5.41, 5.74) is 37.4. The largest absolute Gasteiger partial charge is 2.00 e. The molecule has 0 unspecified atom stereocenters. The van der Waals surface area contributed by atoms with Crippen molar-refractivity contribution in [1.82, 2.24) is 19.9 Å². The van der Waals surface area contributed by atoms with Crippen molar-refractivity contribution >= 4 is 103 Å². The van der Waals surface area contributed by atoms with Gasteiger partial charge in [-0.2, -0.15) is 0 Å². The Morgan fingerprint density at radius 2 is 0.529 bits per heavy atom. The standard InChI is InChI=1S/C106H102N6O6.Zn/c1-19-85-67(9)97-95(77-59-89(113-13)105(117-17)90(60-77)114-14)98-69(11)87(21-3)103(109-98)94(76-45-37-72(38-46-76)32-34-74-41-57-84(58-42-74)112(81-51-27-65(7)28-52-81)82-53-29-66(8)30-54-82)104-88(22-4)70(12)100(110-104)96(78-61-91(115-15)106(118-18)92(62-78)116-16)99-68(10)86(20-2)102(108-99)93(101(85)107-97)75-43-35-71(36-44-75)31-33-73-39-55-83(56-40-73)111(79-47-23-63(5)24-48-79)80-49-25-64(6)26-50-80;/h23-62H,19-22H2,1-18H3;/q-2;+2/b33-31+,34-32+,97-95?,98-95?,99-96?,100-96?,101-93?,102-93?,103-94?,104-94?;. The topological polar surface area (TPSA) is 116 Å². The number of aromatic nitrogens is 4. The summed E-state index contributed by atoms with van der Waals surface area (Å²) in [6.07, 6.45) is 11.3. The van der Waals surface area contributed by atoms with E-state index >= 15 is 0 Å². The molecule has 13 aromatic rings. The van der Waals surface area contributed by atoms with Crippen LogP contribution in [0.3, 0.4) is 0 Å². The molecule has 12 nitrogen and oxygen atoms in total.